The predicted octanol–water partition coefficient (Wildman–Crippen LogP) is 4.14. The molecule has 0 saturated carbocycles. The van der Waals surface area contributed by atoms with Gasteiger partial charge >= 0.3 is 6.01 Å². The number of aromatic nitrogens is 6. The Labute approximate surface area is 267 Å². The Morgan fingerprint density at radius 3 is 3.02 bits per heavy atom. The molecule has 7 heterocycles. The van der Waals surface area contributed by atoms with E-state index in [9.17, 15) is 9.50 Å². The van der Waals surface area contributed by atoms with E-state index in [4.69, 9.17) is 32.5 Å². The zero-order chi connectivity index (χ0) is 31.8. The third kappa shape index (κ3) is 4.58. The number of nitrogens with one attached hydrogen (secondary N) is 1. The molecule has 3 aliphatic rings. The van der Waals surface area contributed by atoms with Gasteiger partial charge in [-0.15, -0.1) is 6.42 Å². The van der Waals surface area contributed by atoms with Crippen LogP contribution in [-0.2, 0) is 4.74 Å². The summed E-state index contributed by atoms with van der Waals surface area (Å²) in [6.45, 7) is 4.02. The van der Waals surface area contributed by atoms with Gasteiger partial charge in [0.25, 0.3) is 0 Å². The monoisotopic (exact) mass is 648 g/mol. The molecule has 1 aromatic carbocycles. The molecule has 0 radical (unpaired) electrons. The number of ether oxygens (including phenoxy) is 2. The minimum absolute atomic E-state index is 0.00218. The molecule has 46 heavy (non-hydrogen) atoms. The first kappa shape index (κ1) is 29.3. The summed E-state index contributed by atoms with van der Waals surface area (Å²) in [5.41, 5.74) is 0.483. The molecule has 8 rings (SSSR count). The number of hydrogen-bond donors (Lipinski definition) is 2. The Kier molecular flexibility index (Phi) is 6.84. The number of fused-ring (bicyclic) bond motifs is 5. The van der Waals surface area contributed by atoms with E-state index < -0.39 is 23.1 Å². The van der Waals surface area contributed by atoms with Gasteiger partial charge in [0, 0.05) is 42.9 Å². The van der Waals surface area contributed by atoms with E-state index in [-0.39, 0.29) is 42.5 Å². The van der Waals surface area contributed by atoms with Crippen molar-refractivity contribution < 1.29 is 23.4 Å². The molecule has 3 saturated heterocycles. The number of hydrogen-bond acceptors (Lipinski definition) is 9. The van der Waals surface area contributed by atoms with E-state index >= 15 is 4.39 Å². The number of benzene rings is 1. The van der Waals surface area contributed by atoms with Crippen molar-refractivity contribution in [2.45, 2.75) is 43.5 Å². The van der Waals surface area contributed by atoms with Crippen molar-refractivity contribution >= 4 is 44.9 Å². The predicted molar refractivity (Wildman–Crippen MR) is 168 cm³/mol. The summed E-state index contributed by atoms with van der Waals surface area (Å²) in [6, 6.07) is 1.64. The Morgan fingerprint density at radius 2 is 2.17 bits per heavy atom. The molecule has 0 spiro atoms. The van der Waals surface area contributed by atoms with Crippen LogP contribution in [0, 0.1) is 18.2 Å². The number of anilines is 1. The first-order valence-electron chi connectivity index (χ1n) is 15.2. The largest absolute Gasteiger partial charge is 0.461 e. The zero-order valence-electron chi connectivity index (χ0n) is 25.1. The highest BCUT2D eigenvalue weighted by Gasteiger charge is 2.49. The van der Waals surface area contributed by atoms with Crippen molar-refractivity contribution in [3.8, 4) is 29.6 Å². The van der Waals surface area contributed by atoms with E-state index in [2.05, 4.69) is 31.0 Å². The lowest BCUT2D eigenvalue weighted by Gasteiger charge is -2.31. The quantitative estimate of drug-likeness (QED) is 0.271. The van der Waals surface area contributed by atoms with Gasteiger partial charge in [-0.25, -0.2) is 8.78 Å². The molecule has 0 aliphatic carbocycles. The molecular formula is C32H31ClF2N8O3. The number of aromatic amines is 1. The van der Waals surface area contributed by atoms with Crippen molar-refractivity contribution in [2.24, 2.45) is 0 Å². The summed E-state index contributed by atoms with van der Waals surface area (Å²) >= 11 is 6.58. The fraction of sp³-hybridized carbons (Fsp3) is 0.438. The summed E-state index contributed by atoms with van der Waals surface area (Å²) in [5.74, 6) is 2.34. The van der Waals surface area contributed by atoms with E-state index in [0.717, 1.165) is 19.4 Å². The number of H-pyrrole nitrogens is 1. The maximum atomic E-state index is 16.9. The number of terminal acetylenes is 1. The van der Waals surface area contributed by atoms with Gasteiger partial charge in [0.05, 0.1) is 53.3 Å². The summed E-state index contributed by atoms with van der Waals surface area (Å²) < 4.78 is 45.0. The van der Waals surface area contributed by atoms with Crippen molar-refractivity contribution in [2.75, 3.05) is 50.9 Å². The van der Waals surface area contributed by atoms with Gasteiger partial charge in [0.1, 0.15) is 34.9 Å². The standard InChI is InChI=1S/C32H31ClF2N8O3/c1-3-19-21(33)11-22-20(13-37-40-22)23(19)25-27-24(35)26-28(43(27)8-6-36-25)29(41-9-10-45-16-31(2,44)15-41)39-30(38-26)46-17-32-5-4-7-42(32)14-18(34)12-32/h1,6,8,11,13,18,44H,4-5,7,9-10,12,14-17H2,2H3,(H,37,40)/t18-,31+,32+/m1/s1. The van der Waals surface area contributed by atoms with Crippen LogP contribution in [0.4, 0.5) is 14.6 Å². The second-order valence-corrected chi connectivity index (χ2v) is 13.2. The van der Waals surface area contributed by atoms with Gasteiger partial charge in [-0.05, 0) is 32.4 Å². The smallest absolute Gasteiger partial charge is 0.319 e. The van der Waals surface area contributed by atoms with Crippen LogP contribution in [0.25, 0.3) is 38.7 Å². The molecule has 4 aromatic heterocycles. The second kappa shape index (κ2) is 10.7. The van der Waals surface area contributed by atoms with Crippen molar-refractivity contribution in [3.05, 3.63) is 41.1 Å². The van der Waals surface area contributed by atoms with Crippen molar-refractivity contribution in [3.63, 3.8) is 0 Å². The summed E-state index contributed by atoms with van der Waals surface area (Å²) in [7, 11) is 0. The number of halogens is 3. The zero-order valence-corrected chi connectivity index (χ0v) is 25.8. The molecule has 238 valence electrons. The Balaban J connectivity index is 1.34. The molecule has 0 bridgehead atoms. The highest BCUT2D eigenvalue weighted by atomic mass is 35.5. The van der Waals surface area contributed by atoms with Crippen LogP contribution < -0.4 is 9.64 Å². The maximum Gasteiger partial charge on any atom is 0.319 e. The molecule has 3 atom stereocenters. The van der Waals surface area contributed by atoms with Gasteiger partial charge < -0.3 is 23.9 Å². The number of rotatable bonds is 5. The van der Waals surface area contributed by atoms with Crippen LogP contribution >= 0.6 is 11.6 Å². The fourth-order valence-electron chi connectivity index (χ4n) is 7.47. The first-order valence-corrected chi connectivity index (χ1v) is 15.6. The minimum atomic E-state index is -1.20. The summed E-state index contributed by atoms with van der Waals surface area (Å²) in [6.07, 6.45) is 11.9. The lowest BCUT2D eigenvalue weighted by Crippen LogP contribution is -2.44. The van der Waals surface area contributed by atoms with E-state index in [0.29, 0.717) is 64.5 Å². The molecule has 0 amide bonds. The van der Waals surface area contributed by atoms with Gasteiger partial charge in [-0.1, -0.05) is 17.5 Å². The fourth-order valence-corrected chi connectivity index (χ4v) is 7.73. The highest BCUT2D eigenvalue weighted by molar-refractivity contribution is 6.33. The lowest BCUT2D eigenvalue weighted by molar-refractivity contribution is -0.0123. The SMILES string of the molecule is C#Cc1c(Cl)cc2[nH]ncc2c1-c1nccn2c1c(F)c1nc(OC[C@@]34CCCN3C[C@H](F)C4)nc(N3CCOC[C@@](C)(O)C3)c12. The topological polar surface area (TPSA) is 117 Å². The maximum absolute atomic E-state index is 16.9. The molecule has 14 heteroatoms. The van der Waals surface area contributed by atoms with Crippen LogP contribution in [0.1, 0.15) is 31.7 Å². The van der Waals surface area contributed by atoms with Crippen molar-refractivity contribution in [1.29, 1.82) is 0 Å². The van der Waals surface area contributed by atoms with Crippen LogP contribution in [0.5, 0.6) is 6.01 Å². The van der Waals surface area contributed by atoms with Crippen LogP contribution in [-0.4, -0.2) is 103 Å². The molecule has 3 aliphatic heterocycles. The summed E-state index contributed by atoms with van der Waals surface area (Å²) in [5, 5.41) is 19.0. The Hall–Kier alpha value is -4.09. The number of nitrogens with zero attached hydrogens (tertiary/aromatic N) is 7. The highest BCUT2D eigenvalue weighted by Crippen LogP contribution is 2.43. The average molecular weight is 649 g/mol. The van der Waals surface area contributed by atoms with Crippen LogP contribution in [0.2, 0.25) is 5.02 Å². The van der Waals surface area contributed by atoms with Crippen LogP contribution in [0.3, 0.4) is 0 Å². The Morgan fingerprint density at radius 1 is 1.30 bits per heavy atom. The molecule has 5 aromatic rings. The van der Waals surface area contributed by atoms with E-state index in [1.54, 1.807) is 36.0 Å². The van der Waals surface area contributed by atoms with Crippen LogP contribution in [0.15, 0.2) is 24.7 Å². The molecule has 0 unspecified atom stereocenters. The van der Waals surface area contributed by atoms with E-state index in [1.807, 2.05) is 4.90 Å². The minimum Gasteiger partial charge on any atom is -0.461 e. The Bertz CT molecular complexity index is 2060. The average Bonchev–Trinajstić information content (AvgIpc) is 3.75. The van der Waals surface area contributed by atoms with E-state index in [1.165, 1.54) is 0 Å². The number of alkyl halides is 1. The second-order valence-electron chi connectivity index (χ2n) is 12.8. The van der Waals surface area contributed by atoms with Gasteiger partial charge in [-0.3, -0.25) is 15.0 Å². The van der Waals surface area contributed by atoms with Gasteiger partial charge in [-0.2, -0.15) is 15.1 Å². The third-order valence-corrected chi connectivity index (χ3v) is 9.74. The van der Waals surface area contributed by atoms with Gasteiger partial charge in [0.15, 0.2) is 11.6 Å². The normalized spacial score (nSPS) is 25.4. The molecular weight excluding hydrogens is 618 g/mol. The van der Waals surface area contributed by atoms with Crippen molar-refractivity contribution in [1.82, 2.24) is 34.4 Å². The molecule has 11 nitrogen and oxygen atoms in total. The third-order valence-electron chi connectivity index (χ3n) is 9.45. The van der Waals surface area contributed by atoms with Gasteiger partial charge in [0.2, 0.25) is 0 Å². The molecule has 2 N–H and O–H groups in total. The first-order chi connectivity index (χ1) is 22.2. The number of aliphatic hydroxyl groups is 1. The lowest BCUT2D eigenvalue weighted by atomic mass is 9.95. The number of β-amino-alcohol motifs (C(OH)–C–C–N with tert-alkyl or cyclic N) is 1. The summed E-state index contributed by atoms with van der Waals surface area (Å²) in [4.78, 5) is 18.0. The molecule has 3 fully saturated rings.